The number of nitrogens with zero attached hydrogens (tertiary/aromatic N) is 2. The minimum absolute atomic E-state index is 0.117. The highest BCUT2D eigenvalue weighted by Gasteiger charge is 2.50. The maximum Gasteiger partial charge on any atom is 0.435 e. The van der Waals surface area contributed by atoms with E-state index in [4.69, 9.17) is 5.11 Å². The molecule has 9 heteroatoms. The Bertz CT molecular complexity index is 671. The number of carbonyl (C=O) groups is 2. The van der Waals surface area contributed by atoms with E-state index in [1.54, 1.807) is 0 Å². The van der Waals surface area contributed by atoms with E-state index in [-0.39, 0.29) is 29.9 Å². The molecule has 0 bridgehead atoms. The molecular formula is C15H18F3N3O3. The zero-order chi connectivity index (χ0) is 17.6. The van der Waals surface area contributed by atoms with Crippen molar-refractivity contribution < 1.29 is 27.9 Å². The first kappa shape index (κ1) is 16.8. The zero-order valence-corrected chi connectivity index (χ0v) is 13.0. The number of hydrogen-bond donors (Lipinski definition) is 2. The average Bonchev–Trinajstić information content (AvgIpc) is 2.96. The van der Waals surface area contributed by atoms with Crippen molar-refractivity contribution >= 4 is 11.9 Å². The minimum Gasteiger partial charge on any atom is -0.481 e. The minimum atomic E-state index is -4.60. The molecule has 2 aliphatic rings. The summed E-state index contributed by atoms with van der Waals surface area (Å²) in [5, 5.41) is 15.2. The van der Waals surface area contributed by atoms with Gasteiger partial charge in [0.15, 0.2) is 5.69 Å². The van der Waals surface area contributed by atoms with E-state index < -0.39 is 23.7 Å². The predicted octanol–water partition coefficient (Wildman–Crippen LogP) is 1.60. The number of aryl methyl sites for hydroxylation is 1. The molecule has 2 N–H and O–H groups in total. The molecule has 0 spiro atoms. The lowest BCUT2D eigenvalue weighted by atomic mass is 9.71. The van der Waals surface area contributed by atoms with Gasteiger partial charge in [-0.15, -0.1) is 0 Å². The van der Waals surface area contributed by atoms with Gasteiger partial charge in [0.2, 0.25) is 5.91 Å². The number of alkyl halides is 3. The third-order valence-electron chi connectivity index (χ3n) is 5.04. The molecule has 1 amide bonds. The van der Waals surface area contributed by atoms with Crippen molar-refractivity contribution in [3.8, 4) is 0 Å². The fourth-order valence-electron chi connectivity index (χ4n) is 3.93. The summed E-state index contributed by atoms with van der Waals surface area (Å²) >= 11 is 0. The van der Waals surface area contributed by atoms with Crippen molar-refractivity contribution in [2.75, 3.05) is 0 Å². The molecule has 0 saturated heterocycles. The van der Waals surface area contributed by atoms with Crippen LogP contribution in [-0.4, -0.2) is 32.8 Å². The van der Waals surface area contributed by atoms with Gasteiger partial charge in [-0.2, -0.15) is 18.3 Å². The summed E-state index contributed by atoms with van der Waals surface area (Å²) in [5.41, 5.74) is -1.20. The van der Waals surface area contributed by atoms with Crippen LogP contribution in [0.2, 0.25) is 0 Å². The van der Waals surface area contributed by atoms with Crippen molar-refractivity contribution in [3.63, 3.8) is 0 Å². The molecule has 1 aromatic rings. The van der Waals surface area contributed by atoms with Crippen LogP contribution in [0.1, 0.15) is 30.5 Å². The summed E-state index contributed by atoms with van der Waals surface area (Å²) in [7, 11) is 1.37. The summed E-state index contributed by atoms with van der Waals surface area (Å²) in [5.74, 6) is -1.28. The van der Waals surface area contributed by atoms with Gasteiger partial charge >= 0.3 is 12.1 Å². The Balaban J connectivity index is 1.59. The van der Waals surface area contributed by atoms with Crippen LogP contribution in [-0.2, 0) is 29.2 Å². The summed E-state index contributed by atoms with van der Waals surface area (Å²) in [6, 6.07) is -0.141. The van der Waals surface area contributed by atoms with Gasteiger partial charge in [-0.25, -0.2) is 0 Å². The van der Waals surface area contributed by atoms with Gasteiger partial charge in [0, 0.05) is 24.8 Å². The van der Waals surface area contributed by atoms with Crippen LogP contribution in [0.4, 0.5) is 13.2 Å². The Labute approximate surface area is 136 Å². The highest BCUT2D eigenvalue weighted by Crippen LogP contribution is 2.49. The van der Waals surface area contributed by atoms with Crippen molar-refractivity contribution in [2.45, 2.75) is 37.9 Å². The van der Waals surface area contributed by atoms with Crippen LogP contribution in [0.3, 0.4) is 0 Å². The molecule has 0 aromatic carbocycles. The Morgan fingerprint density at radius 3 is 2.71 bits per heavy atom. The Morgan fingerprint density at radius 1 is 1.38 bits per heavy atom. The number of aromatic nitrogens is 2. The van der Waals surface area contributed by atoms with Gasteiger partial charge in [0.25, 0.3) is 0 Å². The molecule has 2 aliphatic carbocycles. The van der Waals surface area contributed by atoms with Gasteiger partial charge in [0.05, 0.1) is 12.3 Å². The van der Waals surface area contributed by atoms with E-state index in [0.29, 0.717) is 25.2 Å². The maximum atomic E-state index is 12.9. The van der Waals surface area contributed by atoms with Crippen LogP contribution >= 0.6 is 0 Å². The first-order chi connectivity index (χ1) is 11.1. The number of fused-ring (bicyclic) bond motifs is 1. The van der Waals surface area contributed by atoms with Gasteiger partial charge in [0.1, 0.15) is 0 Å². The molecule has 2 saturated carbocycles. The van der Waals surface area contributed by atoms with Crippen LogP contribution in [0, 0.1) is 17.8 Å². The Morgan fingerprint density at radius 2 is 2.08 bits per heavy atom. The monoisotopic (exact) mass is 345 g/mol. The van der Waals surface area contributed by atoms with Crippen molar-refractivity contribution in [3.05, 3.63) is 17.5 Å². The van der Waals surface area contributed by atoms with Crippen LogP contribution in [0.5, 0.6) is 0 Å². The lowest BCUT2D eigenvalue weighted by molar-refractivity contribution is -0.142. The van der Waals surface area contributed by atoms with Gasteiger partial charge in [-0.05, 0) is 31.1 Å². The molecule has 1 heterocycles. The fraction of sp³-hybridized carbons (Fsp3) is 0.667. The predicted molar refractivity (Wildman–Crippen MR) is 75.8 cm³/mol. The lowest BCUT2D eigenvalue weighted by Crippen LogP contribution is -2.50. The summed E-state index contributed by atoms with van der Waals surface area (Å²) in [6.07, 6.45) is -1.96. The first-order valence-corrected chi connectivity index (χ1v) is 7.77. The molecule has 0 aliphatic heterocycles. The van der Waals surface area contributed by atoms with E-state index in [9.17, 15) is 22.8 Å². The van der Waals surface area contributed by atoms with Crippen molar-refractivity contribution in [1.29, 1.82) is 0 Å². The van der Waals surface area contributed by atoms with Gasteiger partial charge < -0.3 is 10.4 Å². The van der Waals surface area contributed by atoms with E-state index in [1.807, 2.05) is 0 Å². The normalized spacial score (nSPS) is 29.0. The molecule has 6 nitrogen and oxygen atoms in total. The maximum absolute atomic E-state index is 12.9. The van der Waals surface area contributed by atoms with Crippen molar-refractivity contribution in [2.24, 2.45) is 24.8 Å². The van der Waals surface area contributed by atoms with E-state index >= 15 is 0 Å². The second-order valence-electron chi connectivity index (χ2n) is 6.69. The Kier molecular flexibility index (Phi) is 4.05. The van der Waals surface area contributed by atoms with Gasteiger partial charge in [-0.3, -0.25) is 14.3 Å². The van der Waals surface area contributed by atoms with Crippen LogP contribution < -0.4 is 5.32 Å². The molecule has 4 unspecified atom stereocenters. The smallest absolute Gasteiger partial charge is 0.435 e. The number of aliphatic carboxylic acids is 1. The number of amides is 1. The fourth-order valence-corrected chi connectivity index (χ4v) is 3.93. The molecule has 132 valence electrons. The molecule has 3 rings (SSSR count). The second kappa shape index (κ2) is 5.78. The number of nitrogens with one attached hydrogen (secondary N) is 1. The lowest BCUT2D eigenvalue weighted by Gasteiger charge is -2.40. The van der Waals surface area contributed by atoms with Gasteiger partial charge in [-0.1, -0.05) is 0 Å². The summed E-state index contributed by atoms with van der Waals surface area (Å²) < 4.78 is 39.7. The second-order valence-corrected chi connectivity index (χ2v) is 6.69. The third kappa shape index (κ3) is 3.11. The number of carbonyl (C=O) groups excluding carboxylic acids is 1. The number of halogens is 3. The molecule has 0 radical (unpaired) electrons. The first-order valence-electron chi connectivity index (χ1n) is 7.77. The molecular weight excluding hydrogens is 327 g/mol. The number of carboxylic acids is 1. The number of carboxylic acid groups (broad SMARTS) is 1. The quantitative estimate of drug-likeness (QED) is 0.868. The molecule has 1 aromatic heterocycles. The summed E-state index contributed by atoms with van der Waals surface area (Å²) in [4.78, 5) is 23.1. The number of hydrogen-bond acceptors (Lipinski definition) is 3. The topological polar surface area (TPSA) is 84.2 Å². The number of rotatable bonds is 4. The largest absolute Gasteiger partial charge is 0.481 e. The zero-order valence-electron chi connectivity index (χ0n) is 13.0. The van der Waals surface area contributed by atoms with Crippen LogP contribution in [0.25, 0.3) is 0 Å². The third-order valence-corrected chi connectivity index (χ3v) is 5.04. The average molecular weight is 345 g/mol. The van der Waals surface area contributed by atoms with Crippen molar-refractivity contribution in [1.82, 2.24) is 15.1 Å². The van der Waals surface area contributed by atoms with E-state index in [2.05, 4.69) is 10.4 Å². The summed E-state index contributed by atoms with van der Waals surface area (Å²) in [6.45, 7) is 0. The Hall–Kier alpha value is -2.06. The van der Waals surface area contributed by atoms with Crippen LogP contribution in [0.15, 0.2) is 6.20 Å². The van der Waals surface area contributed by atoms with E-state index in [1.165, 1.54) is 13.2 Å². The SMILES string of the molecule is Cn1cc(CC(=O)NC2CC3CC(C(=O)O)CC32)c(C(F)(F)F)n1. The standard InChI is InChI=1S/C15H18F3N3O3/c1-21-6-9(13(20-21)15(16,17)18)5-12(22)19-11-4-7-2-8(14(23)24)3-10(7)11/h6-8,10-11H,2-5H2,1H3,(H,19,22)(H,23,24). The molecule has 24 heavy (non-hydrogen) atoms. The molecule has 4 atom stereocenters. The highest BCUT2D eigenvalue weighted by atomic mass is 19.4. The molecule has 2 fully saturated rings. The van der Waals surface area contributed by atoms with E-state index in [0.717, 1.165) is 4.68 Å². The highest BCUT2D eigenvalue weighted by molar-refractivity contribution is 5.79.